The summed E-state index contributed by atoms with van der Waals surface area (Å²) in [6.07, 6.45) is 1.54. The summed E-state index contributed by atoms with van der Waals surface area (Å²) < 4.78 is 25.9. The van der Waals surface area contributed by atoms with Crippen LogP contribution in [0, 0.1) is 0 Å². The lowest BCUT2D eigenvalue weighted by Gasteiger charge is -2.08. The van der Waals surface area contributed by atoms with Crippen molar-refractivity contribution < 1.29 is 8.42 Å². The molecule has 1 heterocycles. The van der Waals surface area contributed by atoms with E-state index in [9.17, 15) is 8.42 Å². The van der Waals surface area contributed by atoms with Gasteiger partial charge in [0.1, 0.15) is 0 Å². The van der Waals surface area contributed by atoms with Crippen LogP contribution in [0.2, 0.25) is 0 Å². The van der Waals surface area contributed by atoms with Gasteiger partial charge in [0.05, 0.1) is 23.5 Å². The maximum atomic E-state index is 11.7. The van der Waals surface area contributed by atoms with Crippen molar-refractivity contribution in [2.45, 2.75) is 39.3 Å². The molecule has 0 spiro atoms. The van der Waals surface area contributed by atoms with Gasteiger partial charge in [0.2, 0.25) is 10.0 Å². The van der Waals surface area contributed by atoms with Crippen LogP contribution in [0.5, 0.6) is 0 Å². The third kappa shape index (κ3) is 7.05. The quantitative estimate of drug-likeness (QED) is 0.674. The Labute approximate surface area is 113 Å². The second-order valence-electron chi connectivity index (χ2n) is 4.44. The number of unbranched alkanes of at least 4 members (excludes halogenated alkanes) is 1. The fraction of sp³-hybridized carbons (Fsp3) is 0.727. The van der Waals surface area contributed by atoms with Crippen molar-refractivity contribution in [3.63, 3.8) is 0 Å². The molecule has 0 aliphatic rings. The van der Waals surface area contributed by atoms with Crippen molar-refractivity contribution >= 4 is 21.4 Å². The summed E-state index contributed by atoms with van der Waals surface area (Å²) in [5.74, 6) is 0.177. The smallest absolute Gasteiger partial charge is 0.211 e. The molecule has 0 unspecified atom stereocenters. The molecular weight excluding hydrogens is 270 g/mol. The molecular formula is C11H21N3O2S2. The molecule has 7 heteroatoms. The van der Waals surface area contributed by atoms with E-state index in [1.54, 1.807) is 5.51 Å². The van der Waals surface area contributed by atoms with Gasteiger partial charge >= 0.3 is 0 Å². The van der Waals surface area contributed by atoms with Crippen molar-refractivity contribution in [3.05, 3.63) is 16.6 Å². The van der Waals surface area contributed by atoms with E-state index in [-0.39, 0.29) is 12.3 Å². The van der Waals surface area contributed by atoms with Crippen molar-refractivity contribution in [2.24, 2.45) is 0 Å². The maximum Gasteiger partial charge on any atom is 0.211 e. The van der Waals surface area contributed by atoms with E-state index in [4.69, 9.17) is 0 Å². The summed E-state index contributed by atoms with van der Waals surface area (Å²) in [4.78, 5) is 4.03. The van der Waals surface area contributed by atoms with Gasteiger partial charge < -0.3 is 5.32 Å². The minimum Gasteiger partial charge on any atom is -0.315 e. The lowest BCUT2D eigenvalue weighted by atomic mass is 10.3. The fourth-order valence-electron chi connectivity index (χ4n) is 1.39. The SMILES string of the molecule is CC(C)NCCCCS(=O)(=O)NCc1cscn1. The molecule has 0 aliphatic heterocycles. The highest BCUT2D eigenvalue weighted by Crippen LogP contribution is 2.02. The van der Waals surface area contributed by atoms with Gasteiger partial charge in [0.25, 0.3) is 0 Å². The molecule has 0 fully saturated rings. The van der Waals surface area contributed by atoms with Crippen LogP contribution >= 0.6 is 11.3 Å². The largest absolute Gasteiger partial charge is 0.315 e. The monoisotopic (exact) mass is 291 g/mol. The van der Waals surface area contributed by atoms with Gasteiger partial charge in [0.15, 0.2) is 0 Å². The van der Waals surface area contributed by atoms with Crippen LogP contribution in [0.25, 0.3) is 0 Å². The third-order valence-electron chi connectivity index (χ3n) is 2.35. The minimum absolute atomic E-state index is 0.177. The van der Waals surface area contributed by atoms with E-state index in [1.165, 1.54) is 11.3 Å². The van der Waals surface area contributed by atoms with E-state index < -0.39 is 10.0 Å². The molecule has 5 nitrogen and oxygen atoms in total. The maximum absolute atomic E-state index is 11.7. The van der Waals surface area contributed by atoms with E-state index in [2.05, 4.69) is 28.9 Å². The first-order valence-corrected chi connectivity index (χ1v) is 8.67. The van der Waals surface area contributed by atoms with Crippen LogP contribution in [-0.2, 0) is 16.6 Å². The van der Waals surface area contributed by atoms with E-state index >= 15 is 0 Å². The summed E-state index contributed by atoms with van der Waals surface area (Å²) in [5.41, 5.74) is 2.46. The highest BCUT2D eigenvalue weighted by molar-refractivity contribution is 7.89. The van der Waals surface area contributed by atoms with Crippen LogP contribution in [0.3, 0.4) is 0 Å². The first kappa shape index (κ1) is 15.6. The molecule has 18 heavy (non-hydrogen) atoms. The topological polar surface area (TPSA) is 71.1 Å². The van der Waals surface area contributed by atoms with Gasteiger partial charge in [-0.25, -0.2) is 18.1 Å². The second-order valence-corrected chi connectivity index (χ2v) is 7.08. The van der Waals surface area contributed by atoms with Crippen molar-refractivity contribution in [1.29, 1.82) is 0 Å². The summed E-state index contributed by atoms with van der Waals surface area (Å²) in [7, 11) is -3.17. The van der Waals surface area contributed by atoms with Gasteiger partial charge in [-0.15, -0.1) is 11.3 Å². The number of rotatable bonds is 9. The second kappa shape index (κ2) is 7.83. The fourth-order valence-corrected chi connectivity index (χ4v) is 3.04. The van der Waals surface area contributed by atoms with Gasteiger partial charge in [-0.2, -0.15) is 0 Å². The average Bonchev–Trinajstić information content (AvgIpc) is 2.78. The zero-order valence-electron chi connectivity index (χ0n) is 10.8. The highest BCUT2D eigenvalue weighted by Gasteiger charge is 2.09. The van der Waals surface area contributed by atoms with Crippen LogP contribution < -0.4 is 10.0 Å². The van der Waals surface area contributed by atoms with Crippen molar-refractivity contribution in [2.75, 3.05) is 12.3 Å². The Kier molecular flexibility index (Phi) is 6.77. The summed E-state index contributed by atoms with van der Waals surface area (Å²) in [6, 6.07) is 0.449. The molecule has 0 saturated heterocycles. The van der Waals surface area contributed by atoms with Crippen LogP contribution in [0.15, 0.2) is 10.9 Å². The minimum atomic E-state index is -3.17. The molecule has 0 atom stereocenters. The highest BCUT2D eigenvalue weighted by atomic mass is 32.2. The summed E-state index contributed by atoms with van der Waals surface area (Å²) in [6.45, 7) is 5.30. The number of sulfonamides is 1. The number of hydrogen-bond acceptors (Lipinski definition) is 5. The van der Waals surface area contributed by atoms with E-state index in [0.717, 1.165) is 18.7 Å². The lowest BCUT2D eigenvalue weighted by Crippen LogP contribution is -2.27. The Balaban J connectivity index is 2.15. The van der Waals surface area contributed by atoms with Crippen molar-refractivity contribution in [3.8, 4) is 0 Å². The first-order chi connectivity index (χ1) is 8.49. The van der Waals surface area contributed by atoms with Crippen LogP contribution in [0.1, 0.15) is 32.4 Å². The Hall–Kier alpha value is -0.500. The predicted octanol–water partition coefficient (Wildman–Crippen LogP) is 1.34. The zero-order chi connectivity index (χ0) is 13.4. The van der Waals surface area contributed by atoms with Gasteiger partial charge in [-0.1, -0.05) is 13.8 Å². The molecule has 0 radical (unpaired) electrons. The predicted molar refractivity (Wildman–Crippen MR) is 75.1 cm³/mol. The van der Waals surface area contributed by atoms with E-state index in [1.807, 2.05) is 5.38 Å². The molecule has 0 saturated carbocycles. The average molecular weight is 291 g/mol. The Morgan fingerprint density at radius 3 is 2.78 bits per heavy atom. The molecule has 0 bridgehead atoms. The Morgan fingerprint density at radius 2 is 2.17 bits per heavy atom. The number of thiazole rings is 1. The molecule has 2 N–H and O–H groups in total. The van der Waals surface area contributed by atoms with Gasteiger partial charge in [-0.05, 0) is 19.4 Å². The molecule has 1 rings (SSSR count). The standard InChI is InChI=1S/C11H21N3O2S2/c1-10(2)12-5-3-4-6-18(15,16)14-7-11-8-17-9-13-11/h8-10,12,14H,3-7H2,1-2H3. The number of nitrogens with zero attached hydrogens (tertiary/aromatic N) is 1. The van der Waals surface area contributed by atoms with Gasteiger partial charge in [-0.3, -0.25) is 0 Å². The molecule has 0 aromatic carbocycles. The number of nitrogens with one attached hydrogen (secondary N) is 2. The Morgan fingerprint density at radius 1 is 1.39 bits per heavy atom. The molecule has 1 aromatic rings. The molecule has 0 amide bonds. The van der Waals surface area contributed by atoms with Crippen LogP contribution in [-0.4, -0.2) is 31.7 Å². The zero-order valence-corrected chi connectivity index (χ0v) is 12.5. The summed E-state index contributed by atoms with van der Waals surface area (Å²) in [5, 5.41) is 5.10. The lowest BCUT2D eigenvalue weighted by molar-refractivity contribution is 0.555. The van der Waals surface area contributed by atoms with E-state index in [0.29, 0.717) is 12.5 Å². The van der Waals surface area contributed by atoms with Gasteiger partial charge in [0, 0.05) is 11.4 Å². The number of aromatic nitrogens is 1. The normalized spacial score (nSPS) is 12.2. The molecule has 1 aromatic heterocycles. The summed E-state index contributed by atoms with van der Waals surface area (Å²) >= 11 is 1.46. The molecule has 0 aliphatic carbocycles. The van der Waals surface area contributed by atoms with Crippen LogP contribution in [0.4, 0.5) is 0 Å². The van der Waals surface area contributed by atoms with Crippen molar-refractivity contribution in [1.82, 2.24) is 15.0 Å². The number of hydrogen-bond donors (Lipinski definition) is 2. The molecule has 104 valence electrons. The third-order valence-corrected chi connectivity index (χ3v) is 4.39. The Bertz CT molecular complexity index is 416. The first-order valence-electron chi connectivity index (χ1n) is 6.07.